The minimum atomic E-state index is -3.39. The van der Waals surface area contributed by atoms with Crippen LogP contribution in [0.4, 0.5) is 0 Å². The standard InChI is InChI=1S/C11H23N3O3S.C2H6/c1-13(2)11(15)8-14(18(3,16)17)10-6-4-5-9(12)7-10;1-2/h9-10H,4-8,12H2,1-3H3;1-2H3. The van der Waals surface area contributed by atoms with Gasteiger partial charge in [-0.3, -0.25) is 4.79 Å². The molecule has 1 aliphatic carbocycles. The lowest BCUT2D eigenvalue weighted by Crippen LogP contribution is -2.49. The molecule has 1 rings (SSSR count). The summed E-state index contributed by atoms with van der Waals surface area (Å²) >= 11 is 0. The number of hydrogen-bond donors (Lipinski definition) is 1. The summed E-state index contributed by atoms with van der Waals surface area (Å²) in [5.74, 6) is -0.209. The Morgan fingerprint density at radius 3 is 2.20 bits per heavy atom. The van der Waals surface area contributed by atoms with Gasteiger partial charge in [0.15, 0.2) is 0 Å². The highest BCUT2D eigenvalue weighted by Crippen LogP contribution is 2.23. The van der Waals surface area contributed by atoms with Crippen LogP contribution < -0.4 is 5.73 Å². The highest BCUT2D eigenvalue weighted by Gasteiger charge is 2.32. The van der Waals surface area contributed by atoms with Gasteiger partial charge in [0.25, 0.3) is 0 Å². The number of carbonyl (C=O) groups is 1. The molecule has 0 spiro atoms. The van der Waals surface area contributed by atoms with Crippen molar-refractivity contribution in [3.63, 3.8) is 0 Å². The number of nitrogens with zero attached hydrogens (tertiary/aromatic N) is 2. The van der Waals surface area contributed by atoms with Crippen LogP contribution in [0.25, 0.3) is 0 Å². The van der Waals surface area contributed by atoms with Crippen molar-refractivity contribution < 1.29 is 13.2 Å². The first-order chi connectivity index (χ1) is 9.21. The van der Waals surface area contributed by atoms with Gasteiger partial charge < -0.3 is 10.6 Å². The fourth-order valence-corrected chi connectivity index (χ4v) is 3.33. The first-order valence-corrected chi connectivity index (χ1v) is 8.99. The predicted octanol–water partition coefficient (Wildman–Crippen LogP) is 0.632. The lowest BCUT2D eigenvalue weighted by Gasteiger charge is -2.34. The molecule has 1 saturated carbocycles. The Labute approximate surface area is 123 Å². The monoisotopic (exact) mass is 307 g/mol. The summed E-state index contributed by atoms with van der Waals surface area (Å²) in [5.41, 5.74) is 5.88. The quantitative estimate of drug-likeness (QED) is 0.826. The number of sulfonamides is 1. The lowest BCUT2D eigenvalue weighted by molar-refractivity contribution is -0.129. The normalized spacial score (nSPS) is 22.9. The second-order valence-corrected chi connectivity index (χ2v) is 7.11. The molecule has 0 radical (unpaired) electrons. The Balaban J connectivity index is 0.00000172. The van der Waals surface area contributed by atoms with E-state index in [4.69, 9.17) is 5.73 Å². The maximum absolute atomic E-state index is 11.8. The van der Waals surface area contributed by atoms with Gasteiger partial charge in [0.1, 0.15) is 0 Å². The molecule has 1 amide bonds. The molecule has 20 heavy (non-hydrogen) atoms. The molecular weight excluding hydrogens is 278 g/mol. The van der Waals surface area contributed by atoms with Crippen molar-refractivity contribution in [2.24, 2.45) is 5.73 Å². The maximum Gasteiger partial charge on any atom is 0.237 e. The Kier molecular flexibility index (Phi) is 8.30. The second kappa shape index (κ2) is 8.59. The van der Waals surface area contributed by atoms with E-state index in [1.807, 2.05) is 13.8 Å². The fraction of sp³-hybridized carbons (Fsp3) is 0.923. The summed E-state index contributed by atoms with van der Waals surface area (Å²) < 4.78 is 24.9. The van der Waals surface area contributed by atoms with Crippen LogP contribution in [0.15, 0.2) is 0 Å². The Morgan fingerprint density at radius 1 is 1.25 bits per heavy atom. The second-order valence-electron chi connectivity index (χ2n) is 5.18. The molecule has 6 nitrogen and oxygen atoms in total. The highest BCUT2D eigenvalue weighted by molar-refractivity contribution is 7.88. The fourth-order valence-electron chi connectivity index (χ4n) is 2.25. The third kappa shape index (κ3) is 6.19. The number of hydrogen-bond acceptors (Lipinski definition) is 4. The molecule has 0 heterocycles. The molecule has 0 aromatic carbocycles. The maximum atomic E-state index is 11.8. The largest absolute Gasteiger partial charge is 0.348 e. The molecule has 2 unspecified atom stereocenters. The van der Waals surface area contributed by atoms with Crippen molar-refractivity contribution in [3.8, 4) is 0 Å². The molecule has 2 atom stereocenters. The van der Waals surface area contributed by atoms with E-state index >= 15 is 0 Å². The van der Waals surface area contributed by atoms with E-state index in [-0.39, 0.29) is 24.5 Å². The summed E-state index contributed by atoms with van der Waals surface area (Å²) in [5, 5.41) is 0. The van der Waals surface area contributed by atoms with E-state index in [1.54, 1.807) is 14.1 Å². The van der Waals surface area contributed by atoms with Crippen LogP contribution in [0.3, 0.4) is 0 Å². The predicted molar refractivity (Wildman–Crippen MR) is 81.8 cm³/mol. The van der Waals surface area contributed by atoms with Gasteiger partial charge in [0.05, 0.1) is 12.8 Å². The first-order valence-electron chi connectivity index (χ1n) is 7.14. The Bertz CT molecular complexity index is 396. The van der Waals surface area contributed by atoms with Gasteiger partial charge in [-0.2, -0.15) is 4.31 Å². The summed E-state index contributed by atoms with van der Waals surface area (Å²) in [6.45, 7) is 3.91. The Hall–Kier alpha value is -0.660. The number of nitrogens with two attached hydrogens (primary N) is 1. The van der Waals surface area contributed by atoms with Crippen LogP contribution in [0.2, 0.25) is 0 Å². The summed E-state index contributed by atoms with van der Waals surface area (Å²) in [4.78, 5) is 13.1. The molecule has 0 bridgehead atoms. The van der Waals surface area contributed by atoms with E-state index in [0.29, 0.717) is 6.42 Å². The number of carbonyl (C=O) groups excluding carboxylic acids is 1. The van der Waals surface area contributed by atoms with Crippen molar-refractivity contribution in [2.75, 3.05) is 26.9 Å². The SMILES string of the molecule is CC.CN(C)C(=O)CN(C1CCCC(N)C1)S(C)(=O)=O. The highest BCUT2D eigenvalue weighted by atomic mass is 32.2. The summed E-state index contributed by atoms with van der Waals surface area (Å²) in [7, 11) is -0.145. The van der Waals surface area contributed by atoms with Gasteiger partial charge in [0, 0.05) is 26.2 Å². The molecule has 0 saturated heterocycles. The first kappa shape index (κ1) is 19.3. The van der Waals surface area contributed by atoms with Gasteiger partial charge in [-0.05, 0) is 19.3 Å². The zero-order valence-corrected chi connectivity index (χ0v) is 14.1. The van der Waals surface area contributed by atoms with Gasteiger partial charge in [-0.1, -0.05) is 20.3 Å². The van der Waals surface area contributed by atoms with E-state index in [1.165, 1.54) is 9.21 Å². The summed E-state index contributed by atoms with van der Waals surface area (Å²) in [6.07, 6.45) is 4.40. The van der Waals surface area contributed by atoms with Gasteiger partial charge in [0.2, 0.25) is 15.9 Å². The molecule has 7 heteroatoms. The molecule has 0 aromatic rings. The van der Waals surface area contributed by atoms with Crippen LogP contribution in [0.1, 0.15) is 39.5 Å². The third-order valence-electron chi connectivity index (χ3n) is 3.31. The number of likely N-dealkylation sites (N-methyl/N-ethyl adjacent to an activating group) is 1. The smallest absolute Gasteiger partial charge is 0.237 e. The molecule has 1 fully saturated rings. The lowest BCUT2D eigenvalue weighted by atomic mass is 9.91. The zero-order valence-electron chi connectivity index (χ0n) is 13.3. The minimum absolute atomic E-state index is 0.0301. The molecule has 1 aliphatic rings. The Morgan fingerprint density at radius 2 is 1.80 bits per heavy atom. The summed E-state index contributed by atoms with van der Waals surface area (Å²) in [6, 6.07) is -0.116. The van der Waals surface area contributed by atoms with Crippen LogP contribution in [-0.2, 0) is 14.8 Å². The molecule has 0 aliphatic heterocycles. The molecule has 0 aromatic heterocycles. The van der Waals surface area contributed by atoms with Crippen molar-refractivity contribution in [2.45, 2.75) is 51.6 Å². The van der Waals surface area contributed by atoms with E-state index in [0.717, 1.165) is 25.5 Å². The van der Waals surface area contributed by atoms with E-state index in [2.05, 4.69) is 0 Å². The minimum Gasteiger partial charge on any atom is -0.348 e. The van der Waals surface area contributed by atoms with Gasteiger partial charge in [-0.25, -0.2) is 8.42 Å². The topological polar surface area (TPSA) is 83.7 Å². The average Bonchev–Trinajstić information content (AvgIpc) is 2.36. The van der Waals surface area contributed by atoms with Crippen LogP contribution >= 0.6 is 0 Å². The average molecular weight is 307 g/mol. The van der Waals surface area contributed by atoms with Crippen molar-refractivity contribution in [1.29, 1.82) is 0 Å². The van der Waals surface area contributed by atoms with Crippen molar-refractivity contribution in [3.05, 3.63) is 0 Å². The third-order valence-corrected chi connectivity index (χ3v) is 4.59. The number of amides is 1. The molecule has 120 valence electrons. The van der Waals surface area contributed by atoms with Gasteiger partial charge in [-0.15, -0.1) is 0 Å². The van der Waals surface area contributed by atoms with Crippen molar-refractivity contribution >= 4 is 15.9 Å². The zero-order chi connectivity index (χ0) is 15.9. The van der Waals surface area contributed by atoms with Crippen LogP contribution in [0, 0.1) is 0 Å². The van der Waals surface area contributed by atoms with Crippen LogP contribution in [0.5, 0.6) is 0 Å². The van der Waals surface area contributed by atoms with Crippen molar-refractivity contribution in [1.82, 2.24) is 9.21 Å². The van der Waals surface area contributed by atoms with E-state index < -0.39 is 10.0 Å². The van der Waals surface area contributed by atoms with Gasteiger partial charge >= 0.3 is 0 Å². The number of rotatable bonds is 4. The van der Waals surface area contributed by atoms with Crippen LogP contribution in [-0.4, -0.2) is 62.5 Å². The van der Waals surface area contributed by atoms with E-state index in [9.17, 15) is 13.2 Å². The molecule has 2 N–H and O–H groups in total. The molecular formula is C13H29N3O3S.